The van der Waals surface area contributed by atoms with E-state index in [9.17, 15) is 35.4 Å². The summed E-state index contributed by atoms with van der Waals surface area (Å²) in [6.07, 6.45) is -0.749. The Morgan fingerprint density at radius 2 is 1.43 bits per heavy atom. The van der Waals surface area contributed by atoms with Crippen molar-refractivity contribution in [3.8, 4) is 46.0 Å². The summed E-state index contributed by atoms with van der Waals surface area (Å²) in [4.78, 5) is 14.5. The molecule has 8 rings (SSSR count). The van der Waals surface area contributed by atoms with Crippen molar-refractivity contribution in [2.75, 3.05) is 0 Å². The van der Waals surface area contributed by atoms with Gasteiger partial charge >= 0.3 is 0 Å². The van der Waals surface area contributed by atoms with Gasteiger partial charge < -0.3 is 40.1 Å². The molecule has 234 valence electrons. The number of carbonyl (C=O) groups is 1. The predicted octanol–water partition coefficient (Wildman–Crippen LogP) is 5.49. The van der Waals surface area contributed by atoms with Gasteiger partial charge in [0.1, 0.15) is 57.6 Å². The molecule has 1 atom stereocenters. The number of hydrogen-bond acceptors (Lipinski definition) is 10. The van der Waals surface area contributed by atoms with Crippen LogP contribution in [0.1, 0.15) is 56.3 Å². The van der Waals surface area contributed by atoms with Gasteiger partial charge in [-0.25, -0.2) is 5.01 Å². The molecule has 5 aromatic carbocycles. The molecule has 3 aliphatic heterocycles. The number of benzene rings is 5. The van der Waals surface area contributed by atoms with Crippen molar-refractivity contribution in [1.82, 2.24) is 5.01 Å². The Morgan fingerprint density at radius 1 is 0.745 bits per heavy atom. The fourth-order valence-electron chi connectivity index (χ4n) is 6.81. The topological polar surface area (TPSA) is 173 Å². The van der Waals surface area contributed by atoms with Crippen LogP contribution in [0.5, 0.6) is 46.0 Å². The maximum absolute atomic E-state index is 14.5. The highest BCUT2D eigenvalue weighted by Gasteiger charge is 2.57. The first-order valence-corrected chi connectivity index (χ1v) is 14.7. The molecular formula is C36H26N2O9. The third kappa shape index (κ3) is 4.10. The van der Waals surface area contributed by atoms with Gasteiger partial charge in [-0.3, -0.25) is 4.79 Å². The molecule has 11 heteroatoms. The van der Waals surface area contributed by atoms with Gasteiger partial charge in [-0.05, 0) is 42.0 Å². The lowest BCUT2D eigenvalue weighted by Gasteiger charge is -2.42. The molecule has 5 aromatic rings. The summed E-state index contributed by atoms with van der Waals surface area (Å²) in [6.45, 7) is -0.364. The van der Waals surface area contributed by atoms with E-state index in [1.165, 1.54) is 41.4 Å². The molecule has 0 aromatic heterocycles. The molecule has 0 aliphatic carbocycles. The molecule has 0 fully saturated rings. The van der Waals surface area contributed by atoms with E-state index in [1.54, 1.807) is 42.5 Å². The smallest absolute Gasteiger partial charge is 0.275 e. The molecule has 6 N–H and O–H groups in total. The maximum Gasteiger partial charge on any atom is 0.275 e. The Labute approximate surface area is 267 Å². The largest absolute Gasteiger partial charge is 0.508 e. The molecular weight excluding hydrogens is 604 g/mol. The standard InChI is InChI=1S/C36H26N2O9/c39-17-19-6-5-18(11-28(19)43)30-16-27(34-29(44)12-22(42)15-33(34)46-30)37-38-35(45)23-3-1-2-4-24(23)36(38)25-9-7-20(40)13-31(25)47-32-14-21(41)8-10-26(32)36/h1-15,30,39-44H,16-17H2/b37-27+/t30-/m1/s1. The van der Waals surface area contributed by atoms with E-state index >= 15 is 0 Å². The third-order valence-corrected chi connectivity index (χ3v) is 8.86. The van der Waals surface area contributed by atoms with Crippen LogP contribution in [0.15, 0.2) is 96.1 Å². The van der Waals surface area contributed by atoms with E-state index in [0.717, 1.165) is 6.07 Å². The lowest BCUT2D eigenvalue weighted by atomic mass is 9.75. The Bertz CT molecular complexity index is 2130. The lowest BCUT2D eigenvalue weighted by molar-refractivity contribution is 0.0670. The fourth-order valence-corrected chi connectivity index (χ4v) is 6.81. The first-order chi connectivity index (χ1) is 22.7. The summed E-state index contributed by atoms with van der Waals surface area (Å²) >= 11 is 0. The number of hydrogen-bond donors (Lipinski definition) is 6. The minimum Gasteiger partial charge on any atom is -0.508 e. The molecule has 0 saturated heterocycles. The predicted molar refractivity (Wildman–Crippen MR) is 167 cm³/mol. The van der Waals surface area contributed by atoms with Gasteiger partial charge in [0.2, 0.25) is 0 Å². The molecule has 3 heterocycles. The minimum atomic E-state index is -1.44. The summed E-state index contributed by atoms with van der Waals surface area (Å²) < 4.78 is 12.4. The monoisotopic (exact) mass is 630 g/mol. The van der Waals surface area contributed by atoms with Gasteiger partial charge in [0, 0.05) is 58.5 Å². The highest BCUT2D eigenvalue weighted by atomic mass is 16.5. The van der Waals surface area contributed by atoms with Crippen LogP contribution in [0.2, 0.25) is 0 Å². The van der Waals surface area contributed by atoms with Gasteiger partial charge in [-0.1, -0.05) is 30.3 Å². The number of aliphatic hydroxyl groups is 1. The summed E-state index contributed by atoms with van der Waals surface area (Å²) in [5.74, 6) is -0.721. The van der Waals surface area contributed by atoms with Gasteiger partial charge in [-0.2, -0.15) is 5.10 Å². The van der Waals surface area contributed by atoms with Crippen molar-refractivity contribution in [3.05, 3.63) is 130 Å². The number of hydrazone groups is 1. The second kappa shape index (κ2) is 10.2. The number of rotatable bonds is 3. The fraction of sp³-hybridized carbons (Fsp3) is 0.111. The van der Waals surface area contributed by atoms with Crippen molar-refractivity contribution in [2.24, 2.45) is 5.10 Å². The number of phenolic OH excluding ortho intramolecular Hbond substituents is 4. The molecule has 0 bridgehead atoms. The zero-order valence-corrected chi connectivity index (χ0v) is 24.5. The van der Waals surface area contributed by atoms with Gasteiger partial charge in [-0.15, -0.1) is 0 Å². The van der Waals surface area contributed by atoms with E-state index in [2.05, 4.69) is 0 Å². The zero-order chi connectivity index (χ0) is 32.6. The Morgan fingerprint density at radius 3 is 2.11 bits per heavy atom. The highest BCUT2D eigenvalue weighted by Crippen LogP contribution is 2.58. The van der Waals surface area contributed by atoms with E-state index in [1.807, 2.05) is 6.07 Å². The van der Waals surface area contributed by atoms with Crippen LogP contribution in [-0.4, -0.2) is 47.3 Å². The van der Waals surface area contributed by atoms with Crippen LogP contribution in [0.4, 0.5) is 0 Å². The first-order valence-electron chi connectivity index (χ1n) is 14.7. The molecule has 0 saturated carbocycles. The zero-order valence-electron chi connectivity index (χ0n) is 24.5. The molecule has 47 heavy (non-hydrogen) atoms. The summed E-state index contributed by atoms with van der Waals surface area (Å²) in [5.41, 5.74) is 1.76. The average Bonchev–Trinajstić information content (AvgIpc) is 3.28. The van der Waals surface area contributed by atoms with Crippen LogP contribution >= 0.6 is 0 Å². The number of phenols is 5. The normalized spacial score (nSPS) is 17.8. The molecule has 11 nitrogen and oxygen atoms in total. The van der Waals surface area contributed by atoms with Crippen molar-refractivity contribution >= 4 is 11.6 Å². The Balaban J connectivity index is 1.40. The molecule has 3 aliphatic rings. The van der Waals surface area contributed by atoms with Gasteiger partial charge in [0.25, 0.3) is 5.91 Å². The van der Waals surface area contributed by atoms with E-state index < -0.39 is 17.6 Å². The Kier molecular flexibility index (Phi) is 6.11. The maximum atomic E-state index is 14.5. The average molecular weight is 631 g/mol. The van der Waals surface area contributed by atoms with Crippen LogP contribution < -0.4 is 9.47 Å². The SMILES string of the molecule is O=C1c2ccccc2C2(c3ccc(O)cc3Oc3cc(O)ccc32)N1/N=C1\C[C@H](c2ccc(CO)c(O)c2)Oc2cc(O)cc(O)c21. The quantitative estimate of drug-likeness (QED) is 0.151. The van der Waals surface area contributed by atoms with E-state index in [4.69, 9.17) is 14.6 Å². The summed E-state index contributed by atoms with van der Waals surface area (Å²) in [5, 5.41) is 68.7. The molecule has 0 unspecified atom stereocenters. The summed E-state index contributed by atoms with van der Waals surface area (Å²) in [7, 11) is 0. The van der Waals surface area contributed by atoms with E-state index in [-0.39, 0.29) is 70.3 Å². The number of carbonyl (C=O) groups excluding carboxylic acids is 1. The second-order valence-electron chi connectivity index (χ2n) is 11.6. The number of fused-ring (bicyclic) bond motifs is 7. The van der Waals surface area contributed by atoms with Crippen LogP contribution in [-0.2, 0) is 12.1 Å². The molecule has 1 spiro atoms. The van der Waals surface area contributed by atoms with Crippen LogP contribution in [0.25, 0.3) is 0 Å². The number of ether oxygens (including phenoxy) is 2. The van der Waals surface area contributed by atoms with Crippen molar-refractivity contribution < 1.29 is 44.9 Å². The molecule has 1 amide bonds. The highest BCUT2D eigenvalue weighted by molar-refractivity contribution is 6.09. The third-order valence-electron chi connectivity index (χ3n) is 8.86. The summed E-state index contributed by atoms with van der Waals surface area (Å²) in [6, 6.07) is 23.4. The number of aliphatic hydroxyl groups excluding tert-OH is 1. The number of nitrogens with zero attached hydrogens (tertiary/aromatic N) is 2. The lowest BCUT2D eigenvalue weighted by Crippen LogP contribution is -2.45. The number of aromatic hydroxyl groups is 5. The second-order valence-corrected chi connectivity index (χ2v) is 11.6. The van der Waals surface area contributed by atoms with Crippen LogP contribution in [0.3, 0.4) is 0 Å². The first kappa shape index (κ1) is 28.3. The van der Waals surface area contributed by atoms with Gasteiger partial charge in [0.15, 0.2) is 0 Å². The van der Waals surface area contributed by atoms with Gasteiger partial charge in [0.05, 0.1) is 17.9 Å². The van der Waals surface area contributed by atoms with Crippen molar-refractivity contribution in [3.63, 3.8) is 0 Å². The van der Waals surface area contributed by atoms with Crippen LogP contribution in [0, 0.1) is 0 Å². The van der Waals surface area contributed by atoms with E-state index in [0.29, 0.717) is 33.4 Å². The number of amides is 1. The Hall–Kier alpha value is -6.20. The minimum absolute atomic E-state index is 0.0286. The van der Waals surface area contributed by atoms with Crippen molar-refractivity contribution in [1.29, 1.82) is 0 Å². The molecule has 0 radical (unpaired) electrons. The van der Waals surface area contributed by atoms with Crippen molar-refractivity contribution in [2.45, 2.75) is 24.7 Å².